The molecule has 0 aliphatic carbocycles. The number of rotatable bonds is 5. The highest BCUT2D eigenvalue weighted by Gasteiger charge is 2.15. The molecule has 2 atom stereocenters. The maximum atomic E-state index is 12.7. The third-order valence-corrected chi connectivity index (χ3v) is 2.67. The second-order valence-corrected chi connectivity index (χ2v) is 4.18. The first kappa shape index (κ1) is 13.6. The number of hydrogen-bond acceptors (Lipinski definition) is 2. The van der Waals surface area contributed by atoms with Crippen molar-refractivity contribution >= 4 is 5.91 Å². The number of hydrogen-bond donors (Lipinski definition) is 2. The molecule has 4 heteroatoms. The smallest absolute Gasteiger partial charge is 0.237 e. The Hall–Kier alpha value is -1.42. The molecule has 0 aromatic heterocycles. The van der Waals surface area contributed by atoms with Gasteiger partial charge in [0.1, 0.15) is 5.82 Å². The van der Waals surface area contributed by atoms with Gasteiger partial charge < -0.3 is 11.1 Å². The van der Waals surface area contributed by atoms with Crippen LogP contribution in [0.4, 0.5) is 4.39 Å². The summed E-state index contributed by atoms with van der Waals surface area (Å²) in [4.78, 5) is 11.7. The number of halogens is 1. The fraction of sp³-hybridized carbons (Fsp3) is 0.462. The van der Waals surface area contributed by atoms with E-state index in [4.69, 9.17) is 5.73 Å². The van der Waals surface area contributed by atoms with E-state index in [9.17, 15) is 9.18 Å². The van der Waals surface area contributed by atoms with Gasteiger partial charge in [-0.2, -0.15) is 0 Å². The molecule has 94 valence electrons. The number of nitrogens with two attached hydrogens (primary N) is 1. The Bertz CT molecular complexity index is 364. The van der Waals surface area contributed by atoms with E-state index in [1.165, 1.54) is 12.1 Å². The summed E-state index contributed by atoms with van der Waals surface area (Å²) in [6.45, 7) is 3.83. The highest BCUT2D eigenvalue weighted by atomic mass is 19.1. The minimum Gasteiger partial charge on any atom is -0.348 e. The molecular weight excluding hydrogens is 219 g/mol. The van der Waals surface area contributed by atoms with Crippen LogP contribution >= 0.6 is 0 Å². The molecule has 0 heterocycles. The Morgan fingerprint density at radius 1 is 1.41 bits per heavy atom. The van der Waals surface area contributed by atoms with Crippen LogP contribution in [-0.4, -0.2) is 11.9 Å². The molecule has 17 heavy (non-hydrogen) atoms. The SMILES string of the molecule is CCCC(N)C(=O)N[C@H](C)c1ccc(F)cc1. The minimum absolute atomic E-state index is 0.161. The predicted octanol–water partition coefficient (Wildman–Crippen LogP) is 2.13. The van der Waals surface area contributed by atoms with Crippen molar-refractivity contribution in [1.82, 2.24) is 5.32 Å². The standard InChI is InChI=1S/C13H19FN2O/c1-3-4-12(15)13(17)16-9(2)10-5-7-11(14)8-6-10/h5-9,12H,3-4,15H2,1-2H3,(H,16,17)/t9-,12?/m1/s1. The average molecular weight is 238 g/mol. The van der Waals surface area contributed by atoms with Crippen LogP contribution in [0.2, 0.25) is 0 Å². The molecule has 0 saturated heterocycles. The lowest BCUT2D eigenvalue weighted by atomic mass is 10.1. The first-order valence-electron chi connectivity index (χ1n) is 5.86. The van der Waals surface area contributed by atoms with Gasteiger partial charge in [-0.05, 0) is 31.0 Å². The predicted molar refractivity (Wildman–Crippen MR) is 65.8 cm³/mol. The fourth-order valence-corrected chi connectivity index (χ4v) is 1.60. The molecule has 0 bridgehead atoms. The zero-order valence-electron chi connectivity index (χ0n) is 10.2. The van der Waals surface area contributed by atoms with Gasteiger partial charge in [0.05, 0.1) is 12.1 Å². The normalized spacial score (nSPS) is 14.1. The summed E-state index contributed by atoms with van der Waals surface area (Å²) in [5.74, 6) is -0.446. The van der Waals surface area contributed by atoms with E-state index in [1.807, 2.05) is 13.8 Å². The van der Waals surface area contributed by atoms with Crippen LogP contribution in [0.5, 0.6) is 0 Å². The maximum Gasteiger partial charge on any atom is 0.237 e. The van der Waals surface area contributed by atoms with Crippen LogP contribution in [-0.2, 0) is 4.79 Å². The topological polar surface area (TPSA) is 55.1 Å². The van der Waals surface area contributed by atoms with E-state index >= 15 is 0 Å². The van der Waals surface area contributed by atoms with Gasteiger partial charge in [0.25, 0.3) is 0 Å². The molecule has 1 unspecified atom stereocenters. The second kappa shape index (κ2) is 6.35. The summed E-state index contributed by atoms with van der Waals surface area (Å²) >= 11 is 0. The van der Waals surface area contributed by atoms with Crippen LogP contribution in [0.25, 0.3) is 0 Å². The Morgan fingerprint density at radius 2 is 2.00 bits per heavy atom. The van der Waals surface area contributed by atoms with Crippen molar-refractivity contribution in [2.24, 2.45) is 5.73 Å². The lowest BCUT2D eigenvalue weighted by molar-refractivity contribution is -0.123. The van der Waals surface area contributed by atoms with Crippen molar-refractivity contribution < 1.29 is 9.18 Å². The van der Waals surface area contributed by atoms with Crippen LogP contribution in [0.15, 0.2) is 24.3 Å². The van der Waals surface area contributed by atoms with E-state index in [0.29, 0.717) is 6.42 Å². The number of benzene rings is 1. The molecule has 3 nitrogen and oxygen atoms in total. The van der Waals surface area contributed by atoms with Crippen LogP contribution in [0.3, 0.4) is 0 Å². The van der Waals surface area contributed by atoms with Crippen molar-refractivity contribution in [1.29, 1.82) is 0 Å². The van der Waals surface area contributed by atoms with Gasteiger partial charge >= 0.3 is 0 Å². The Labute approximate surface area is 101 Å². The van der Waals surface area contributed by atoms with Crippen molar-refractivity contribution in [3.05, 3.63) is 35.6 Å². The molecule has 0 saturated carbocycles. The number of carbonyl (C=O) groups excluding carboxylic acids is 1. The molecule has 0 aliphatic rings. The molecule has 0 fully saturated rings. The summed E-state index contributed by atoms with van der Waals surface area (Å²) < 4.78 is 12.7. The molecule has 1 aromatic rings. The lowest BCUT2D eigenvalue weighted by Gasteiger charge is -2.17. The molecule has 0 radical (unpaired) electrons. The van der Waals surface area contributed by atoms with E-state index < -0.39 is 6.04 Å². The zero-order chi connectivity index (χ0) is 12.8. The molecule has 1 aromatic carbocycles. The quantitative estimate of drug-likeness (QED) is 0.825. The zero-order valence-corrected chi connectivity index (χ0v) is 10.2. The van der Waals surface area contributed by atoms with Crippen molar-refractivity contribution in [3.8, 4) is 0 Å². The Kier molecular flexibility index (Phi) is 5.10. The van der Waals surface area contributed by atoms with Gasteiger partial charge in [-0.25, -0.2) is 4.39 Å². The van der Waals surface area contributed by atoms with E-state index in [0.717, 1.165) is 12.0 Å². The van der Waals surface area contributed by atoms with Crippen LogP contribution in [0, 0.1) is 5.82 Å². The van der Waals surface area contributed by atoms with Crippen LogP contribution in [0.1, 0.15) is 38.3 Å². The van der Waals surface area contributed by atoms with Gasteiger partial charge in [-0.3, -0.25) is 4.79 Å². The first-order valence-corrected chi connectivity index (χ1v) is 5.86. The second-order valence-electron chi connectivity index (χ2n) is 4.18. The van der Waals surface area contributed by atoms with E-state index in [1.54, 1.807) is 12.1 Å². The lowest BCUT2D eigenvalue weighted by Crippen LogP contribution is -2.41. The Balaban J connectivity index is 2.57. The van der Waals surface area contributed by atoms with Gasteiger partial charge in [-0.15, -0.1) is 0 Å². The van der Waals surface area contributed by atoms with Crippen molar-refractivity contribution in [3.63, 3.8) is 0 Å². The third kappa shape index (κ3) is 4.15. The summed E-state index contributed by atoms with van der Waals surface area (Å²) in [6.07, 6.45) is 1.54. The van der Waals surface area contributed by atoms with Crippen molar-refractivity contribution in [2.75, 3.05) is 0 Å². The van der Waals surface area contributed by atoms with E-state index in [-0.39, 0.29) is 17.8 Å². The largest absolute Gasteiger partial charge is 0.348 e. The first-order chi connectivity index (χ1) is 8.04. The number of amides is 1. The average Bonchev–Trinajstić information content (AvgIpc) is 2.30. The third-order valence-electron chi connectivity index (χ3n) is 2.67. The van der Waals surface area contributed by atoms with Gasteiger partial charge in [0, 0.05) is 0 Å². The van der Waals surface area contributed by atoms with E-state index in [2.05, 4.69) is 5.32 Å². The molecular formula is C13H19FN2O. The molecule has 3 N–H and O–H groups in total. The van der Waals surface area contributed by atoms with Gasteiger partial charge in [-0.1, -0.05) is 25.5 Å². The monoisotopic (exact) mass is 238 g/mol. The number of carbonyl (C=O) groups is 1. The van der Waals surface area contributed by atoms with Crippen molar-refractivity contribution in [2.45, 2.75) is 38.8 Å². The molecule has 0 aliphatic heterocycles. The Morgan fingerprint density at radius 3 is 2.53 bits per heavy atom. The van der Waals surface area contributed by atoms with Gasteiger partial charge in [0.15, 0.2) is 0 Å². The highest BCUT2D eigenvalue weighted by molar-refractivity contribution is 5.81. The molecule has 0 spiro atoms. The van der Waals surface area contributed by atoms with Crippen LogP contribution < -0.4 is 11.1 Å². The molecule has 1 amide bonds. The maximum absolute atomic E-state index is 12.7. The highest BCUT2D eigenvalue weighted by Crippen LogP contribution is 2.13. The number of nitrogens with one attached hydrogen (secondary N) is 1. The molecule has 1 rings (SSSR count). The summed E-state index contributed by atoms with van der Waals surface area (Å²) in [5.41, 5.74) is 6.57. The summed E-state index contributed by atoms with van der Waals surface area (Å²) in [6, 6.07) is 5.44. The summed E-state index contributed by atoms with van der Waals surface area (Å²) in [5, 5.41) is 2.81. The summed E-state index contributed by atoms with van der Waals surface area (Å²) in [7, 11) is 0. The minimum atomic E-state index is -0.470. The van der Waals surface area contributed by atoms with Gasteiger partial charge in [0.2, 0.25) is 5.91 Å². The fourth-order valence-electron chi connectivity index (χ4n) is 1.60.